The van der Waals surface area contributed by atoms with Gasteiger partial charge >= 0.3 is 0 Å². The van der Waals surface area contributed by atoms with Crippen molar-refractivity contribution in [2.75, 3.05) is 33.2 Å². The third-order valence-corrected chi connectivity index (χ3v) is 7.26. The van der Waals surface area contributed by atoms with Gasteiger partial charge in [0, 0.05) is 25.6 Å². The topological polar surface area (TPSA) is 15.7 Å². The third kappa shape index (κ3) is 2.55. The monoisotopic (exact) mass is 292 g/mol. The van der Waals surface area contributed by atoms with Crippen LogP contribution >= 0.6 is 0 Å². The molecule has 4 fully saturated rings. The van der Waals surface area contributed by atoms with Crippen LogP contribution in [0, 0.1) is 5.41 Å². The van der Waals surface area contributed by atoms with Crippen LogP contribution in [0.1, 0.15) is 58.3 Å². The van der Waals surface area contributed by atoms with Crippen LogP contribution in [-0.2, 0) is 4.74 Å². The second-order valence-corrected chi connectivity index (χ2v) is 8.48. The first-order chi connectivity index (χ1) is 10.1. The van der Waals surface area contributed by atoms with Crippen LogP contribution in [0.4, 0.5) is 0 Å². The second-order valence-electron chi connectivity index (χ2n) is 8.48. The summed E-state index contributed by atoms with van der Waals surface area (Å²) in [4.78, 5) is 5.16. The van der Waals surface area contributed by atoms with Gasteiger partial charge in [0.15, 0.2) is 0 Å². The van der Waals surface area contributed by atoms with Gasteiger partial charge in [-0.25, -0.2) is 0 Å². The maximum atomic E-state index is 6.45. The Balaban J connectivity index is 1.26. The van der Waals surface area contributed by atoms with Crippen molar-refractivity contribution in [3.05, 3.63) is 0 Å². The summed E-state index contributed by atoms with van der Waals surface area (Å²) in [5.74, 6) is 0. The molecule has 3 heterocycles. The molecule has 0 amide bonds. The van der Waals surface area contributed by atoms with E-state index in [2.05, 4.69) is 23.8 Å². The number of likely N-dealkylation sites (tertiary alicyclic amines) is 2. The highest BCUT2D eigenvalue weighted by atomic mass is 16.5. The first-order valence-electron chi connectivity index (χ1n) is 9.20. The lowest BCUT2D eigenvalue weighted by atomic mass is 9.63. The van der Waals surface area contributed by atoms with Gasteiger partial charge in [0.05, 0.1) is 11.7 Å². The molecule has 3 heteroatoms. The number of piperidine rings is 2. The SMILES string of the molecule is CC([C@H]1CC2(CCN(C)CC2)O1)N1CCC2(CCC2)CC1. The Morgan fingerprint density at radius 1 is 0.952 bits per heavy atom. The maximum Gasteiger partial charge on any atom is 0.0762 e. The molecule has 4 aliphatic rings. The van der Waals surface area contributed by atoms with Crippen molar-refractivity contribution in [3.8, 4) is 0 Å². The Morgan fingerprint density at radius 2 is 1.57 bits per heavy atom. The lowest BCUT2D eigenvalue weighted by molar-refractivity contribution is -0.243. The van der Waals surface area contributed by atoms with Crippen LogP contribution < -0.4 is 0 Å². The molecule has 0 aromatic rings. The maximum absolute atomic E-state index is 6.45. The van der Waals surface area contributed by atoms with E-state index in [4.69, 9.17) is 4.74 Å². The van der Waals surface area contributed by atoms with E-state index in [1.54, 1.807) is 0 Å². The summed E-state index contributed by atoms with van der Waals surface area (Å²) in [6, 6.07) is 0.632. The van der Waals surface area contributed by atoms with Crippen molar-refractivity contribution in [1.82, 2.24) is 9.80 Å². The van der Waals surface area contributed by atoms with E-state index in [9.17, 15) is 0 Å². The third-order valence-electron chi connectivity index (χ3n) is 7.26. The van der Waals surface area contributed by atoms with Crippen molar-refractivity contribution in [3.63, 3.8) is 0 Å². The number of rotatable bonds is 2. The van der Waals surface area contributed by atoms with Crippen LogP contribution in [0.3, 0.4) is 0 Å². The van der Waals surface area contributed by atoms with E-state index < -0.39 is 0 Å². The molecule has 0 N–H and O–H groups in total. The minimum Gasteiger partial charge on any atom is -0.370 e. The Hall–Kier alpha value is -0.120. The zero-order valence-electron chi connectivity index (χ0n) is 13.9. The molecule has 0 aromatic carbocycles. The molecular formula is C18H32N2O. The second kappa shape index (κ2) is 5.21. The predicted molar refractivity (Wildman–Crippen MR) is 85.5 cm³/mol. The van der Waals surface area contributed by atoms with Crippen molar-refractivity contribution < 1.29 is 4.74 Å². The Kier molecular flexibility index (Phi) is 3.59. The van der Waals surface area contributed by atoms with Gasteiger partial charge in [-0.1, -0.05) is 6.42 Å². The number of hydrogen-bond donors (Lipinski definition) is 0. The zero-order valence-corrected chi connectivity index (χ0v) is 13.9. The average molecular weight is 292 g/mol. The highest BCUT2D eigenvalue weighted by Gasteiger charge is 2.50. The largest absolute Gasteiger partial charge is 0.370 e. The normalized spacial score (nSPS) is 37.1. The highest BCUT2D eigenvalue weighted by Crippen LogP contribution is 2.50. The zero-order chi connectivity index (χ0) is 14.5. The molecule has 0 aromatic heterocycles. The molecule has 0 bridgehead atoms. The molecule has 3 aliphatic heterocycles. The molecule has 1 aliphatic carbocycles. The van der Waals surface area contributed by atoms with Gasteiger partial charge < -0.3 is 9.64 Å². The lowest BCUT2D eigenvalue weighted by Crippen LogP contribution is -2.62. The van der Waals surface area contributed by atoms with Gasteiger partial charge in [-0.05, 0) is 71.0 Å². The summed E-state index contributed by atoms with van der Waals surface area (Å²) in [5.41, 5.74) is 1.03. The Labute approximate surface area is 130 Å². The summed E-state index contributed by atoms with van der Waals surface area (Å²) >= 11 is 0. The minimum atomic E-state index is 0.260. The molecule has 1 unspecified atom stereocenters. The van der Waals surface area contributed by atoms with E-state index in [0.29, 0.717) is 12.1 Å². The fourth-order valence-corrected chi connectivity index (χ4v) is 5.11. The Bertz CT molecular complexity index is 367. The first kappa shape index (κ1) is 14.5. The predicted octanol–water partition coefficient (Wildman–Crippen LogP) is 2.89. The van der Waals surface area contributed by atoms with Crippen molar-refractivity contribution >= 4 is 0 Å². The molecule has 120 valence electrons. The first-order valence-corrected chi connectivity index (χ1v) is 9.20. The molecule has 2 atom stereocenters. The van der Waals surface area contributed by atoms with Gasteiger partial charge in [-0.2, -0.15) is 0 Å². The van der Waals surface area contributed by atoms with E-state index in [1.807, 2.05) is 0 Å². The van der Waals surface area contributed by atoms with Crippen LogP contribution in [0.15, 0.2) is 0 Å². The molecular weight excluding hydrogens is 260 g/mol. The fraction of sp³-hybridized carbons (Fsp3) is 1.00. The molecule has 3 saturated heterocycles. The van der Waals surface area contributed by atoms with Crippen molar-refractivity contribution in [1.29, 1.82) is 0 Å². The summed E-state index contributed by atoms with van der Waals surface area (Å²) in [5, 5.41) is 0. The van der Waals surface area contributed by atoms with Gasteiger partial charge in [0.25, 0.3) is 0 Å². The summed E-state index contributed by atoms with van der Waals surface area (Å²) < 4.78 is 6.45. The van der Waals surface area contributed by atoms with Gasteiger partial charge in [-0.3, -0.25) is 4.90 Å². The van der Waals surface area contributed by atoms with E-state index in [1.165, 1.54) is 77.5 Å². The molecule has 21 heavy (non-hydrogen) atoms. The van der Waals surface area contributed by atoms with Crippen LogP contribution in [-0.4, -0.2) is 60.8 Å². The number of hydrogen-bond acceptors (Lipinski definition) is 3. The number of nitrogens with zero attached hydrogens (tertiary/aromatic N) is 2. The van der Waals surface area contributed by atoms with E-state index in [-0.39, 0.29) is 5.60 Å². The molecule has 3 nitrogen and oxygen atoms in total. The highest BCUT2D eigenvalue weighted by molar-refractivity contribution is 5.01. The summed E-state index contributed by atoms with van der Waals surface area (Å²) in [6.07, 6.45) is 11.7. The van der Waals surface area contributed by atoms with Crippen LogP contribution in [0.5, 0.6) is 0 Å². The minimum absolute atomic E-state index is 0.260. The smallest absolute Gasteiger partial charge is 0.0762 e. The molecule has 4 rings (SSSR count). The van der Waals surface area contributed by atoms with Gasteiger partial charge in [0.2, 0.25) is 0 Å². The van der Waals surface area contributed by atoms with Gasteiger partial charge in [0.1, 0.15) is 0 Å². The summed E-state index contributed by atoms with van der Waals surface area (Å²) in [7, 11) is 2.23. The van der Waals surface area contributed by atoms with Gasteiger partial charge in [-0.15, -0.1) is 0 Å². The Morgan fingerprint density at radius 3 is 2.10 bits per heavy atom. The van der Waals surface area contributed by atoms with Crippen LogP contribution in [0.25, 0.3) is 0 Å². The van der Waals surface area contributed by atoms with E-state index >= 15 is 0 Å². The lowest BCUT2D eigenvalue weighted by Gasteiger charge is -2.56. The quantitative estimate of drug-likeness (QED) is 0.778. The average Bonchev–Trinajstić information content (AvgIpc) is 2.44. The van der Waals surface area contributed by atoms with Crippen molar-refractivity contribution in [2.24, 2.45) is 5.41 Å². The number of ether oxygens (including phenoxy) is 1. The van der Waals surface area contributed by atoms with Crippen LogP contribution in [0.2, 0.25) is 0 Å². The fourth-order valence-electron chi connectivity index (χ4n) is 5.11. The molecule has 0 radical (unpaired) electrons. The van der Waals surface area contributed by atoms with Crippen molar-refractivity contribution in [2.45, 2.75) is 76.0 Å². The molecule has 1 saturated carbocycles. The summed E-state index contributed by atoms with van der Waals surface area (Å²) in [6.45, 7) is 7.47. The molecule has 2 spiro atoms. The van der Waals surface area contributed by atoms with E-state index in [0.717, 1.165) is 5.41 Å². The standard InChI is InChI=1S/C18H32N2O/c1-15(20-12-6-17(7-13-20)4-3-5-17)16-14-18(21-16)8-10-19(2)11-9-18/h15-16H,3-14H2,1-2H3/t15?,16-/m1/s1.